The Balaban J connectivity index is 2.90. The second kappa shape index (κ2) is 3.04. The summed E-state index contributed by atoms with van der Waals surface area (Å²) in [6.07, 6.45) is 2.93. The van der Waals surface area contributed by atoms with Crippen LogP contribution in [0.1, 0.15) is 17.4 Å². The van der Waals surface area contributed by atoms with Gasteiger partial charge in [-0.1, -0.05) is 6.08 Å². The van der Waals surface area contributed by atoms with Crippen molar-refractivity contribution in [1.29, 1.82) is 5.26 Å². The van der Waals surface area contributed by atoms with E-state index in [2.05, 4.69) is 6.58 Å². The van der Waals surface area contributed by atoms with Crippen molar-refractivity contribution in [2.75, 3.05) is 0 Å². The van der Waals surface area contributed by atoms with Gasteiger partial charge in [-0.3, -0.25) is 0 Å². The van der Waals surface area contributed by atoms with Crippen LogP contribution in [0.3, 0.4) is 0 Å². The van der Waals surface area contributed by atoms with E-state index in [-0.39, 0.29) is 6.04 Å². The van der Waals surface area contributed by atoms with Crippen LogP contribution in [0, 0.1) is 11.3 Å². The first-order valence-corrected chi connectivity index (χ1v) is 3.14. The molecule has 1 atom stereocenters. The number of rotatable bonds is 2. The van der Waals surface area contributed by atoms with Gasteiger partial charge < -0.3 is 10.2 Å². The first-order valence-electron chi connectivity index (χ1n) is 3.14. The SMILES string of the molecule is C=C[C@H](N)c1cc(C#N)co1. The normalized spacial score (nSPS) is 12.0. The molecule has 1 rings (SSSR count). The smallest absolute Gasteiger partial charge is 0.125 e. The summed E-state index contributed by atoms with van der Waals surface area (Å²) in [5, 5.41) is 8.43. The van der Waals surface area contributed by atoms with Crippen LogP contribution in [0.5, 0.6) is 0 Å². The number of hydrogen-bond donors (Lipinski definition) is 1. The van der Waals surface area contributed by atoms with Crippen LogP contribution in [0.4, 0.5) is 0 Å². The Morgan fingerprint density at radius 2 is 2.55 bits per heavy atom. The van der Waals surface area contributed by atoms with Crippen molar-refractivity contribution in [2.24, 2.45) is 5.73 Å². The third kappa shape index (κ3) is 1.48. The summed E-state index contributed by atoms with van der Waals surface area (Å²) < 4.78 is 4.99. The average Bonchev–Trinajstić information content (AvgIpc) is 2.50. The molecular weight excluding hydrogens is 140 g/mol. The summed E-state index contributed by atoms with van der Waals surface area (Å²) in [7, 11) is 0. The van der Waals surface area contributed by atoms with Crippen molar-refractivity contribution in [3.63, 3.8) is 0 Å². The molecule has 0 aromatic carbocycles. The molecule has 1 aromatic rings. The molecule has 0 bridgehead atoms. The average molecular weight is 148 g/mol. The molecule has 0 unspecified atom stereocenters. The maximum absolute atomic E-state index is 8.43. The molecule has 0 saturated heterocycles. The number of nitrogens with two attached hydrogens (primary N) is 1. The number of nitriles is 1. The van der Waals surface area contributed by atoms with Gasteiger partial charge in [0.25, 0.3) is 0 Å². The predicted octanol–water partition coefficient (Wildman–Crippen LogP) is 1.34. The molecule has 1 heterocycles. The van der Waals surface area contributed by atoms with Crippen molar-refractivity contribution in [3.8, 4) is 6.07 Å². The second-order valence-corrected chi connectivity index (χ2v) is 2.11. The number of hydrogen-bond acceptors (Lipinski definition) is 3. The monoisotopic (exact) mass is 148 g/mol. The molecule has 11 heavy (non-hydrogen) atoms. The fourth-order valence-corrected chi connectivity index (χ4v) is 0.702. The van der Waals surface area contributed by atoms with E-state index in [1.807, 2.05) is 6.07 Å². The maximum Gasteiger partial charge on any atom is 0.125 e. The first kappa shape index (κ1) is 7.58. The molecule has 0 radical (unpaired) electrons. The lowest BCUT2D eigenvalue weighted by molar-refractivity contribution is 0.494. The standard InChI is InChI=1S/C8H8N2O/c1-2-7(10)8-3-6(4-9)5-11-8/h2-3,5,7H,1,10H2/t7-/m0/s1. The quantitative estimate of drug-likeness (QED) is 0.643. The highest BCUT2D eigenvalue weighted by Crippen LogP contribution is 2.13. The van der Waals surface area contributed by atoms with Crippen LogP contribution in [0.25, 0.3) is 0 Å². The van der Waals surface area contributed by atoms with Gasteiger partial charge in [-0.05, 0) is 6.07 Å². The summed E-state index contributed by atoms with van der Waals surface area (Å²) in [6, 6.07) is 3.22. The largest absolute Gasteiger partial charge is 0.466 e. The molecule has 0 aliphatic heterocycles. The topological polar surface area (TPSA) is 63.0 Å². The Hall–Kier alpha value is -1.53. The second-order valence-electron chi connectivity index (χ2n) is 2.11. The molecule has 3 nitrogen and oxygen atoms in total. The minimum atomic E-state index is -0.322. The summed E-state index contributed by atoms with van der Waals surface area (Å²) in [5.74, 6) is 0.566. The van der Waals surface area contributed by atoms with Crippen LogP contribution in [-0.2, 0) is 0 Å². The van der Waals surface area contributed by atoms with Crippen molar-refractivity contribution < 1.29 is 4.42 Å². The Kier molecular flexibility index (Phi) is 2.09. The molecule has 0 amide bonds. The van der Waals surface area contributed by atoms with Crippen molar-refractivity contribution in [2.45, 2.75) is 6.04 Å². The fraction of sp³-hybridized carbons (Fsp3) is 0.125. The summed E-state index contributed by atoms with van der Waals surface area (Å²) >= 11 is 0. The highest BCUT2D eigenvalue weighted by atomic mass is 16.3. The van der Waals surface area contributed by atoms with E-state index in [0.29, 0.717) is 11.3 Å². The lowest BCUT2D eigenvalue weighted by Gasteiger charge is -1.97. The van der Waals surface area contributed by atoms with E-state index < -0.39 is 0 Å². The van der Waals surface area contributed by atoms with Crippen LogP contribution in [-0.4, -0.2) is 0 Å². The van der Waals surface area contributed by atoms with Gasteiger partial charge in [0, 0.05) is 0 Å². The summed E-state index contributed by atoms with van der Waals surface area (Å²) in [6.45, 7) is 3.50. The number of nitrogens with zero attached hydrogens (tertiary/aromatic N) is 1. The van der Waals surface area contributed by atoms with E-state index in [1.165, 1.54) is 6.26 Å². The Morgan fingerprint density at radius 1 is 1.82 bits per heavy atom. The number of furan rings is 1. The van der Waals surface area contributed by atoms with E-state index in [0.717, 1.165) is 0 Å². The zero-order chi connectivity index (χ0) is 8.27. The van der Waals surface area contributed by atoms with E-state index in [9.17, 15) is 0 Å². The minimum Gasteiger partial charge on any atom is -0.466 e. The molecule has 0 spiro atoms. The van der Waals surface area contributed by atoms with E-state index in [4.69, 9.17) is 15.4 Å². The van der Waals surface area contributed by atoms with Gasteiger partial charge in [-0.15, -0.1) is 6.58 Å². The fourth-order valence-electron chi connectivity index (χ4n) is 0.702. The van der Waals surface area contributed by atoms with Crippen molar-refractivity contribution in [1.82, 2.24) is 0 Å². The zero-order valence-corrected chi connectivity index (χ0v) is 5.95. The maximum atomic E-state index is 8.43. The molecule has 0 saturated carbocycles. The third-order valence-corrected chi connectivity index (χ3v) is 1.33. The van der Waals surface area contributed by atoms with Crippen molar-refractivity contribution in [3.05, 3.63) is 36.3 Å². The van der Waals surface area contributed by atoms with Gasteiger partial charge in [0.1, 0.15) is 18.1 Å². The van der Waals surface area contributed by atoms with Crippen molar-refractivity contribution >= 4 is 0 Å². The van der Waals surface area contributed by atoms with Crippen LogP contribution in [0.2, 0.25) is 0 Å². The van der Waals surface area contributed by atoms with Crippen LogP contribution >= 0.6 is 0 Å². The first-order chi connectivity index (χ1) is 5.27. The van der Waals surface area contributed by atoms with Gasteiger partial charge >= 0.3 is 0 Å². The molecule has 2 N–H and O–H groups in total. The lowest BCUT2D eigenvalue weighted by Crippen LogP contribution is -2.04. The van der Waals surface area contributed by atoms with Crippen LogP contribution in [0.15, 0.2) is 29.4 Å². The van der Waals surface area contributed by atoms with E-state index >= 15 is 0 Å². The summed E-state index contributed by atoms with van der Waals surface area (Å²) in [4.78, 5) is 0. The molecular formula is C8H8N2O. The molecule has 0 aliphatic rings. The molecule has 3 heteroatoms. The van der Waals surface area contributed by atoms with Gasteiger partial charge in [-0.2, -0.15) is 5.26 Å². The van der Waals surface area contributed by atoms with Gasteiger partial charge in [0.05, 0.1) is 11.6 Å². The summed E-state index contributed by atoms with van der Waals surface area (Å²) in [5.41, 5.74) is 6.02. The zero-order valence-electron chi connectivity index (χ0n) is 5.95. The Morgan fingerprint density at radius 3 is 3.00 bits per heavy atom. The molecule has 0 aliphatic carbocycles. The lowest BCUT2D eigenvalue weighted by atomic mass is 10.2. The highest BCUT2D eigenvalue weighted by molar-refractivity contribution is 5.28. The minimum absolute atomic E-state index is 0.322. The van der Waals surface area contributed by atoms with Crippen LogP contribution < -0.4 is 5.73 Å². The Labute approximate surface area is 64.7 Å². The van der Waals surface area contributed by atoms with Gasteiger partial charge in [-0.25, -0.2) is 0 Å². The van der Waals surface area contributed by atoms with Gasteiger partial charge in [0.2, 0.25) is 0 Å². The molecule has 56 valence electrons. The predicted molar refractivity (Wildman–Crippen MR) is 40.5 cm³/mol. The Bertz CT molecular complexity index is 295. The van der Waals surface area contributed by atoms with Gasteiger partial charge in [0.15, 0.2) is 0 Å². The third-order valence-electron chi connectivity index (χ3n) is 1.33. The highest BCUT2D eigenvalue weighted by Gasteiger charge is 2.05. The molecule has 0 fully saturated rings. The molecule has 1 aromatic heterocycles. The van der Waals surface area contributed by atoms with E-state index in [1.54, 1.807) is 12.1 Å².